The lowest BCUT2D eigenvalue weighted by Crippen LogP contribution is -2.53. The molecule has 53 heavy (non-hydrogen) atoms. The first-order chi connectivity index (χ1) is 25.4. The maximum absolute atomic E-state index is 14.5. The van der Waals surface area contributed by atoms with E-state index in [-0.39, 0.29) is 63.7 Å². The zero-order valence-corrected chi connectivity index (χ0v) is 31.2. The van der Waals surface area contributed by atoms with E-state index in [4.69, 9.17) is 40.3 Å². The second-order valence-electron chi connectivity index (χ2n) is 13.1. The number of ether oxygens (including phenoxy) is 5. The zero-order chi connectivity index (χ0) is 37.8. The summed E-state index contributed by atoms with van der Waals surface area (Å²) >= 11 is 8.14. The number of rotatable bonds is 9. The first-order valence-corrected chi connectivity index (χ1v) is 18.1. The van der Waals surface area contributed by atoms with Crippen molar-refractivity contribution < 1.29 is 48.3 Å². The largest absolute Gasteiger partial charge is 0.507 e. The van der Waals surface area contributed by atoms with Crippen molar-refractivity contribution in [2.45, 2.75) is 44.2 Å². The molecule has 7 rings (SSSR count). The molecule has 0 saturated carbocycles. The Morgan fingerprint density at radius 1 is 1.04 bits per heavy atom. The minimum atomic E-state index is -2.05. The van der Waals surface area contributed by atoms with Crippen LogP contribution in [-0.2, 0) is 22.6 Å². The molecule has 1 spiro atoms. The number of carbonyl (C=O) groups excluding carboxylic acids is 3. The topological polar surface area (TPSA) is 154 Å². The molecule has 2 aliphatic heterocycles. The van der Waals surface area contributed by atoms with Gasteiger partial charge in [0, 0.05) is 59.7 Å². The number of phenols is 1. The summed E-state index contributed by atoms with van der Waals surface area (Å²) in [7, 11) is 5.77. The number of hydrogen-bond acceptors (Lipinski definition) is 12. The van der Waals surface area contributed by atoms with Gasteiger partial charge in [-0.25, -0.2) is 4.98 Å². The van der Waals surface area contributed by atoms with E-state index in [0.29, 0.717) is 30.8 Å². The Labute approximate surface area is 314 Å². The summed E-state index contributed by atoms with van der Waals surface area (Å²) in [5, 5.41) is 23.5. The molecule has 3 aliphatic rings. The zero-order valence-electron chi connectivity index (χ0n) is 29.7. The van der Waals surface area contributed by atoms with Crippen LogP contribution >= 0.6 is 22.9 Å². The molecule has 3 heterocycles. The number of ketones is 2. The monoisotopic (exact) mass is 760 g/mol. The van der Waals surface area contributed by atoms with E-state index >= 15 is 0 Å². The van der Waals surface area contributed by atoms with E-state index in [0.717, 1.165) is 21.1 Å². The van der Waals surface area contributed by atoms with Gasteiger partial charge < -0.3 is 38.8 Å². The molecule has 4 aromatic rings. The third-order valence-electron chi connectivity index (χ3n) is 10.2. The summed E-state index contributed by atoms with van der Waals surface area (Å²) in [5.41, 5.74) is 0.0411. The van der Waals surface area contributed by atoms with Gasteiger partial charge in [0.05, 0.1) is 40.7 Å². The number of halogens is 1. The minimum absolute atomic E-state index is 0.00377. The van der Waals surface area contributed by atoms with Crippen LogP contribution in [0.2, 0.25) is 5.02 Å². The molecule has 0 fully saturated rings. The predicted molar refractivity (Wildman–Crippen MR) is 196 cm³/mol. The van der Waals surface area contributed by atoms with Crippen LogP contribution in [0.3, 0.4) is 0 Å². The highest BCUT2D eigenvalue weighted by Gasteiger charge is 2.61. The Hall–Kier alpha value is -5.27. The van der Waals surface area contributed by atoms with E-state index in [1.54, 1.807) is 25.0 Å². The number of phenolic OH excluding ortho intramolecular Hbond substituents is 1. The van der Waals surface area contributed by atoms with Crippen molar-refractivity contribution in [3.8, 4) is 45.1 Å². The average molecular weight is 761 g/mol. The standard InChI is InChI=1S/C39H37ClN2O10S/c1-19-13-26(44)32(36(46)39(19)37(47)33-28(50-4)17-29(51-5)34(40)35(33)52-39)23(20-9-10-25(43)27(15-20)49-3)16-31(45)42-12-11-24-30(18-42)53-38(41-24)21-7-6-8-22(14-21)48-2/h6-10,14-15,17,19,23,43,46H,11-13,16,18H2,1-5H3. The van der Waals surface area contributed by atoms with E-state index in [2.05, 4.69) is 0 Å². The number of aliphatic hydroxyl groups is 1. The number of thiazole rings is 1. The number of allylic oxidation sites excluding steroid dienone is 1. The molecule has 0 radical (unpaired) electrons. The van der Waals surface area contributed by atoms with Crippen LogP contribution in [0.4, 0.5) is 0 Å². The van der Waals surface area contributed by atoms with Gasteiger partial charge in [0.2, 0.25) is 17.3 Å². The molecule has 1 amide bonds. The average Bonchev–Trinajstić information content (AvgIpc) is 3.74. The van der Waals surface area contributed by atoms with Crippen molar-refractivity contribution in [1.82, 2.24) is 9.88 Å². The van der Waals surface area contributed by atoms with Gasteiger partial charge in [0.25, 0.3) is 0 Å². The molecule has 3 unspecified atom stereocenters. The van der Waals surface area contributed by atoms with Crippen molar-refractivity contribution in [3.05, 3.63) is 86.6 Å². The number of hydrogen-bond donors (Lipinski definition) is 2. The number of amides is 1. The number of methoxy groups -OCH3 is 4. The fraction of sp³-hybridized carbons (Fsp3) is 0.333. The van der Waals surface area contributed by atoms with Gasteiger partial charge in [-0.3, -0.25) is 14.4 Å². The number of aromatic nitrogens is 1. The first kappa shape index (κ1) is 36.1. The molecule has 14 heteroatoms. The molecule has 0 saturated heterocycles. The molecular weight excluding hydrogens is 724 g/mol. The lowest BCUT2D eigenvalue weighted by molar-refractivity contribution is -0.132. The van der Waals surface area contributed by atoms with Crippen molar-refractivity contribution in [1.29, 1.82) is 0 Å². The molecule has 12 nitrogen and oxygen atoms in total. The fourth-order valence-electron chi connectivity index (χ4n) is 7.43. The molecule has 3 aromatic carbocycles. The summed E-state index contributed by atoms with van der Waals surface area (Å²) in [6.45, 7) is 2.32. The molecule has 0 bridgehead atoms. The Bertz CT molecular complexity index is 2200. The highest BCUT2D eigenvalue weighted by Crippen LogP contribution is 2.56. The van der Waals surface area contributed by atoms with Gasteiger partial charge in [-0.2, -0.15) is 0 Å². The summed E-state index contributed by atoms with van der Waals surface area (Å²) < 4.78 is 28.0. The van der Waals surface area contributed by atoms with Crippen LogP contribution < -0.4 is 23.7 Å². The van der Waals surface area contributed by atoms with Crippen LogP contribution in [0.1, 0.15) is 52.2 Å². The fourth-order valence-corrected chi connectivity index (χ4v) is 8.81. The quantitative estimate of drug-likeness (QED) is 0.187. The second-order valence-corrected chi connectivity index (χ2v) is 14.6. The highest BCUT2D eigenvalue weighted by molar-refractivity contribution is 7.15. The lowest BCUT2D eigenvalue weighted by Gasteiger charge is -2.39. The van der Waals surface area contributed by atoms with Crippen LogP contribution in [0.25, 0.3) is 10.6 Å². The van der Waals surface area contributed by atoms with E-state index in [1.807, 2.05) is 24.3 Å². The number of aliphatic hydroxyl groups excluding tert-OH is 1. The summed E-state index contributed by atoms with van der Waals surface area (Å²) in [6, 6.07) is 13.6. The minimum Gasteiger partial charge on any atom is -0.507 e. The Kier molecular flexibility index (Phi) is 9.50. The van der Waals surface area contributed by atoms with Gasteiger partial charge in [0.15, 0.2) is 28.8 Å². The molecule has 1 aromatic heterocycles. The van der Waals surface area contributed by atoms with Crippen LogP contribution in [0.5, 0.6) is 34.5 Å². The summed E-state index contributed by atoms with van der Waals surface area (Å²) in [6.07, 6.45) is 0.0932. The molecule has 276 valence electrons. The Balaban J connectivity index is 1.28. The Morgan fingerprint density at radius 2 is 1.79 bits per heavy atom. The number of fused-ring (bicyclic) bond motifs is 2. The maximum atomic E-state index is 14.5. The van der Waals surface area contributed by atoms with Crippen molar-refractivity contribution in [2.24, 2.45) is 5.92 Å². The molecule has 1 aliphatic carbocycles. The predicted octanol–water partition coefficient (Wildman–Crippen LogP) is 6.70. The second kappa shape index (κ2) is 13.9. The van der Waals surface area contributed by atoms with E-state index in [1.165, 1.54) is 50.9 Å². The van der Waals surface area contributed by atoms with E-state index in [9.17, 15) is 24.6 Å². The van der Waals surface area contributed by atoms with Crippen LogP contribution in [0.15, 0.2) is 59.9 Å². The van der Waals surface area contributed by atoms with Gasteiger partial charge in [-0.05, 0) is 29.8 Å². The van der Waals surface area contributed by atoms with Crippen molar-refractivity contribution in [2.75, 3.05) is 35.0 Å². The summed E-state index contributed by atoms with van der Waals surface area (Å²) in [4.78, 5) is 50.3. The van der Waals surface area contributed by atoms with Gasteiger partial charge >= 0.3 is 0 Å². The molecule has 3 atom stereocenters. The van der Waals surface area contributed by atoms with Gasteiger partial charge in [-0.15, -0.1) is 11.3 Å². The normalized spacial score (nSPS) is 19.8. The van der Waals surface area contributed by atoms with Gasteiger partial charge in [0.1, 0.15) is 32.8 Å². The van der Waals surface area contributed by atoms with Gasteiger partial charge in [-0.1, -0.05) is 36.7 Å². The van der Waals surface area contributed by atoms with Crippen molar-refractivity contribution in [3.63, 3.8) is 0 Å². The van der Waals surface area contributed by atoms with Crippen LogP contribution in [0, 0.1) is 5.92 Å². The number of nitrogens with zero attached hydrogens (tertiary/aromatic N) is 2. The summed E-state index contributed by atoms with van der Waals surface area (Å²) in [5.74, 6) is -2.96. The SMILES string of the molecule is COc1cccc(-c2nc3c(s2)CN(C(=O)CC(C2=C(O)C4(Oc5c(Cl)c(OC)cc(OC)c5C4=O)C(C)CC2=O)c2ccc(O)c(OC)c2)CC3)c1. The van der Waals surface area contributed by atoms with Crippen molar-refractivity contribution >= 4 is 40.4 Å². The van der Waals surface area contributed by atoms with Crippen LogP contribution in [-0.4, -0.2) is 78.2 Å². The number of aromatic hydroxyl groups is 1. The number of Topliss-reactive ketones (excluding diaryl/α,β-unsaturated/α-hetero) is 2. The smallest absolute Gasteiger partial charge is 0.231 e. The lowest BCUT2D eigenvalue weighted by atomic mass is 9.69. The first-order valence-electron chi connectivity index (χ1n) is 16.9. The third kappa shape index (κ3) is 5.91. The highest BCUT2D eigenvalue weighted by atomic mass is 35.5. The molecule has 2 N–H and O–H groups in total. The third-order valence-corrected chi connectivity index (χ3v) is 11.7. The molecular formula is C39H37ClN2O10S. The number of benzene rings is 3. The van der Waals surface area contributed by atoms with E-state index < -0.39 is 34.8 Å². The maximum Gasteiger partial charge on any atom is 0.231 e. The Morgan fingerprint density at radius 3 is 2.51 bits per heavy atom. The number of carbonyl (C=O) groups is 3.